The lowest BCUT2D eigenvalue weighted by Crippen LogP contribution is -2.05. The first-order valence-corrected chi connectivity index (χ1v) is 9.29. The van der Waals surface area contributed by atoms with Crippen molar-refractivity contribution in [2.45, 2.75) is 19.4 Å². The number of hydrogen-bond acceptors (Lipinski definition) is 2. The molecule has 0 spiro atoms. The van der Waals surface area contributed by atoms with Crippen LogP contribution in [0.15, 0.2) is 77.3 Å². The van der Waals surface area contributed by atoms with Crippen LogP contribution in [-0.4, -0.2) is 11.1 Å². The van der Waals surface area contributed by atoms with E-state index in [1.54, 1.807) is 24.3 Å². The van der Waals surface area contributed by atoms with E-state index in [2.05, 4.69) is 63.7 Å². The van der Waals surface area contributed by atoms with Gasteiger partial charge in [0.25, 0.3) is 0 Å². The van der Waals surface area contributed by atoms with Gasteiger partial charge in [0, 0.05) is 16.7 Å². The fourth-order valence-corrected chi connectivity index (χ4v) is 3.26. The van der Waals surface area contributed by atoms with Crippen LogP contribution in [0.25, 0.3) is 0 Å². The van der Waals surface area contributed by atoms with Crippen molar-refractivity contribution in [3.8, 4) is 0 Å². The molecule has 3 rings (SSSR count). The number of anilines is 1. The van der Waals surface area contributed by atoms with Crippen LogP contribution < -0.4 is 5.32 Å². The topological polar surface area (TPSA) is 49.3 Å². The molecule has 0 aliphatic heterocycles. The molecule has 3 nitrogen and oxygen atoms in total. The number of carboxylic acids is 1. The molecule has 0 heterocycles. The van der Waals surface area contributed by atoms with Crippen LogP contribution in [0.4, 0.5) is 5.69 Å². The zero-order valence-electron chi connectivity index (χ0n) is 14.3. The van der Waals surface area contributed by atoms with Crippen molar-refractivity contribution in [3.05, 3.63) is 99.5 Å². The molecule has 0 aliphatic rings. The molecule has 4 heteroatoms. The van der Waals surface area contributed by atoms with Crippen molar-refractivity contribution < 1.29 is 9.90 Å². The van der Waals surface area contributed by atoms with Crippen LogP contribution in [0, 0.1) is 0 Å². The van der Waals surface area contributed by atoms with Crippen molar-refractivity contribution in [3.63, 3.8) is 0 Å². The Morgan fingerprint density at radius 2 is 1.62 bits per heavy atom. The maximum absolute atomic E-state index is 10.9. The molecule has 0 aromatic heterocycles. The molecule has 0 radical (unpaired) electrons. The molecule has 0 atom stereocenters. The fourth-order valence-electron chi connectivity index (χ4n) is 2.85. The Kier molecular flexibility index (Phi) is 6.08. The van der Waals surface area contributed by atoms with Gasteiger partial charge in [-0.25, -0.2) is 4.79 Å². The minimum Gasteiger partial charge on any atom is -0.478 e. The second-order valence-corrected chi connectivity index (χ2v) is 7.05. The monoisotopic (exact) mass is 409 g/mol. The minimum absolute atomic E-state index is 0.293. The summed E-state index contributed by atoms with van der Waals surface area (Å²) in [5.41, 5.74) is 5.08. The van der Waals surface area contributed by atoms with Gasteiger partial charge in [0.05, 0.1) is 5.56 Å². The molecule has 0 saturated heterocycles. The number of nitrogens with one attached hydrogen (secondary N) is 1. The van der Waals surface area contributed by atoms with Gasteiger partial charge in [0.2, 0.25) is 0 Å². The van der Waals surface area contributed by atoms with Gasteiger partial charge in [-0.05, 0) is 65.9 Å². The quantitative estimate of drug-likeness (QED) is 0.537. The number of benzene rings is 3. The van der Waals surface area contributed by atoms with Crippen LogP contribution in [0.1, 0.15) is 27.0 Å². The Morgan fingerprint density at radius 1 is 0.885 bits per heavy atom. The summed E-state index contributed by atoms with van der Waals surface area (Å²) >= 11 is 3.55. The van der Waals surface area contributed by atoms with Crippen LogP contribution in [0.5, 0.6) is 0 Å². The van der Waals surface area contributed by atoms with Crippen LogP contribution in [-0.2, 0) is 19.4 Å². The first-order chi connectivity index (χ1) is 12.6. The summed E-state index contributed by atoms with van der Waals surface area (Å²) in [5.74, 6) is -0.910. The van der Waals surface area contributed by atoms with Crippen molar-refractivity contribution in [2.75, 3.05) is 5.32 Å². The first kappa shape index (κ1) is 18.2. The van der Waals surface area contributed by atoms with Gasteiger partial charge >= 0.3 is 5.97 Å². The van der Waals surface area contributed by atoms with Crippen LogP contribution in [0.3, 0.4) is 0 Å². The van der Waals surface area contributed by atoms with Crippen LogP contribution >= 0.6 is 15.9 Å². The third-order valence-corrected chi connectivity index (χ3v) is 4.80. The number of aryl methyl sites for hydroxylation is 2. The fraction of sp³-hybridized carbons (Fsp3) is 0.136. The molecule has 132 valence electrons. The summed E-state index contributed by atoms with van der Waals surface area (Å²) in [6, 6.07) is 23.7. The average Bonchev–Trinajstić information content (AvgIpc) is 2.66. The van der Waals surface area contributed by atoms with Crippen molar-refractivity contribution in [1.29, 1.82) is 0 Å². The Balaban J connectivity index is 1.68. The van der Waals surface area contributed by atoms with E-state index in [4.69, 9.17) is 5.11 Å². The lowest BCUT2D eigenvalue weighted by atomic mass is 9.99. The molecular formula is C22H20BrNO2. The van der Waals surface area contributed by atoms with Crippen molar-refractivity contribution in [2.24, 2.45) is 0 Å². The molecular weight excluding hydrogens is 390 g/mol. The predicted octanol–water partition coefficient (Wildman–Crippen LogP) is 5.54. The number of hydrogen-bond donors (Lipinski definition) is 2. The van der Waals surface area contributed by atoms with E-state index < -0.39 is 5.97 Å². The van der Waals surface area contributed by atoms with Gasteiger partial charge in [-0.15, -0.1) is 0 Å². The summed E-state index contributed by atoms with van der Waals surface area (Å²) in [7, 11) is 0. The average molecular weight is 410 g/mol. The molecule has 0 unspecified atom stereocenters. The van der Waals surface area contributed by atoms with Gasteiger partial charge in [-0.2, -0.15) is 0 Å². The molecule has 2 N–H and O–H groups in total. The number of rotatable bonds is 7. The van der Waals surface area contributed by atoms with E-state index in [1.165, 1.54) is 16.7 Å². The van der Waals surface area contributed by atoms with Gasteiger partial charge in [0.1, 0.15) is 0 Å². The van der Waals surface area contributed by atoms with E-state index in [0.717, 1.165) is 23.0 Å². The smallest absolute Gasteiger partial charge is 0.335 e. The summed E-state index contributed by atoms with van der Waals surface area (Å²) in [6.07, 6.45) is 1.98. The summed E-state index contributed by atoms with van der Waals surface area (Å²) in [6.45, 7) is 0.690. The number of carbonyl (C=O) groups is 1. The Bertz CT molecular complexity index is 876. The van der Waals surface area contributed by atoms with E-state index in [1.807, 2.05) is 6.07 Å². The lowest BCUT2D eigenvalue weighted by molar-refractivity contribution is 0.0697. The van der Waals surface area contributed by atoms with Crippen LogP contribution in [0.2, 0.25) is 0 Å². The number of carboxylic acid groups (broad SMARTS) is 1. The van der Waals surface area contributed by atoms with Gasteiger partial charge in [0.15, 0.2) is 0 Å². The van der Waals surface area contributed by atoms with Crippen molar-refractivity contribution in [1.82, 2.24) is 0 Å². The summed E-state index contributed by atoms with van der Waals surface area (Å²) < 4.78 is 1.05. The maximum Gasteiger partial charge on any atom is 0.335 e. The van der Waals surface area contributed by atoms with E-state index in [-0.39, 0.29) is 0 Å². The first-order valence-electron chi connectivity index (χ1n) is 8.50. The molecule has 0 bridgehead atoms. The number of aromatic carboxylic acids is 1. The van der Waals surface area contributed by atoms with E-state index >= 15 is 0 Å². The second kappa shape index (κ2) is 8.68. The molecule has 0 amide bonds. The molecule has 0 fully saturated rings. The minimum atomic E-state index is -0.910. The molecule has 0 saturated carbocycles. The predicted molar refractivity (Wildman–Crippen MR) is 109 cm³/mol. The summed E-state index contributed by atoms with van der Waals surface area (Å²) in [5, 5.41) is 12.4. The highest BCUT2D eigenvalue weighted by Gasteiger charge is 2.06. The third-order valence-electron chi connectivity index (χ3n) is 4.31. The molecule has 0 aliphatic carbocycles. The normalized spacial score (nSPS) is 10.5. The zero-order chi connectivity index (χ0) is 18.4. The van der Waals surface area contributed by atoms with Gasteiger partial charge in [-0.3, -0.25) is 0 Å². The third kappa shape index (κ3) is 4.96. The maximum atomic E-state index is 10.9. The Labute approximate surface area is 161 Å². The SMILES string of the molecule is O=C(O)c1ccc(NCc2cc(Br)ccc2CCc2ccccc2)cc1. The highest BCUT2D eigenvalue weighted by molar-refractivity contribution is 9.10. The Hall–Kier alpha value is -2.59. The highest BCUT2D eigenvalue weighted by Crippen LogP contribution is 2.20. The Morgan fingerprint density at radius 3 is 2.31 bits per heavy atom. The highest BCUT2D eigenvalue weighted by atomic mass is 79.9. The largest absolute Gasteiger partial charge is 0.478 e. The van der Waals surface area contributed by atoms with Gasteiger partial charge in [-0.1, -0.05) is 52.3 Å². The molecule has 3 aromatic rings. The molecule has 26 heavy (non-hydrogen) atoms. The number of halogens is 1. The standard InChI is InChI=1S/C22H20BrNO2/c23-20-11-8-17(7-6-16-4-2-1-3-5-16)19(14-20)15-24-21-12-9-18(10-13-21)22(25)26/h1-5,8-14,24H,6-7,15H2,(H,25,26). The molecule has 3 aromatic carbocycles. The second-order valence-electron chi connectivity index (χ2n) is 6.13. The lowest BCUT2D eigenvalue weighted by Gasteiger charge is -2.13. The van der Waals surface area contributed by atoms with Gasteiger partial charge < -0.3 is 10.4 Å². The van der Waals surface area contributed by atoms with E-state index in [0.29, 0.717) is 12.1 Å². The summed E-state index contributed by atoms with van der Waals surface area (Å²) in [4.78, 5) is 10.9. The zero-order valence-corrected chi connectivity index (χ0v) is 15.9. The van der Waals surface area contributed by atoms with Crippen molar-refractivity contribution >= 4 is 27.6 Å². The van der Waals surface area contributed by atoms with E-state index in [9.17, 15) is 4.79 Å².